The average molecular weight is 315 g/mol. The highest BCUT2D eigenvalue weighted by Gasteiger charge is 2.41. The molecular formula is C16H33N3O3. The van der Waals surface area contributed by atoms with E-state index in [-0.39, 0.29) is 12.0 Å². The van der Waals surface area contributed by atoms with Crippen LogP contribution in [0.2, 0.25) is 0 Å². The van der Waals surface area contributed by atoms with E-state index in [0.29, 0.717) is 32.2 Å². The molecule has 0 aromatic heterocycles. The number of carbonyl (C=O) groups is 1. The van der Waals surface area contributed by atoms with E-state index in [4.69, 9.17) is 15.2 Å². The van der Waals surface area contributed by atoms with Crippen molar-refractivity contribution in [3.05, 3.63) is 0 Å². The highest BCUT2D eigenvalue weighted by Crippen LogP contribution is 2.27. The van der Waals surface area contributed by atoms with Crippen molar-refractivity contribution in [2.24, 2.45) is 17.6 Å². The molecule has 130 valence electrons. The lowest BCUT2D eigenvalue weighted by Gasteiger charge is -2.41. The van der Waals surface area contributed by atoms with Gasteiger partial charge in [-0.15, -0.1) is 0 Å². The number of nitrogens with zero attached hydrogens (tertiary/aromatic N) is 2. The Kier molecular flexibility index (Phi) is 6.24. The van der Waals surface area contributed by atoms with Crippen molar-refractivity contribution < 1.29 is 14.3 Å². The van der Waals surface area contributed by atoms with Crippen LogP contribution in [0.3, 0.4) is 0 Å². The van der Waals surface area contributed by atoms with Gasteiger partial charge in [-0.3, -0.25) is 0 Å². The molecule has 0 spiro atoms. The van der Waals surface area contributed by atoms with Crippen LogP contribution in [0.25, 0.3) is 0 Å². The normalized spacial score (nSPS) is 20.2. The minimum atomic E-state index is -0.532. The van der Waals surface area contributed by atoms with Crippen molar-refractivity contribution in [3.8, 4) is 0 Å². The summed E-state index contributed by atoms with van der Waals surface area (Å²) in [5.41, 5.74) is 4.83. The Labute approximate surface area is 134 Å². The van der Waals surface area contributed by atoms with Crippen LogP contribution >= 0.6 is 0 Å². The summed E-state index contributed by atoms with van der Waals surface area (Å²) in [7, 11) is 0. The maximum absolute atomic E-state index is 12.7. The number of nitrogens with two attached hydrogens (primary N) is 1. The third-order valence-electron chi connectivity index (χ3n) is 3.93. The molecule has 0 unspecified atom stereocenters. The molecule has 1 aliphatic heterocycles. The van der Waals surface area contributed by atoms with Gasteiger partial charge < -0.3 is 15.2 Å². The molecule has 1 atom stereocenters. The van der Waals surface area contributed by atoms with Crippen LogP contribution in [0, 0.1) is 11.8 Å². The minimum absolute atomic E-state index is 0.212. The summed E-state index contributed by atoms with van der Waals surface area (Å²) in [6.07, 6.45) is -0.342. The summed E-state index contributed by atoms with van der Waals surface area (Å²) in [6, 6.07) is 0. The molecule has 22 heavy (non-hydrogen) atoms. The van der Waals surface area contributed by atoms with E-state index < -0.39 is 11.3 Å². The van der Waals surface area contributed by atoms with Gasteiger partial charge >= 0.3 is 6.09 Å². The highest BCUT2D eigenvalue weighted by atomic mass is 16.6. The lowest BCUT2D eigenvalue weighted by Crippen LogP contribution is -2.57. The molecule has 0 bridgehead atoms. The summed E-state index contributed by atoms with van der Waals surface area (Å²) < 4.78 is 11.3. The topological polar surface area (TPSA) is 68.0 Å². The van der Waals surface area contributed by atoms with Gasteiger partial charge in [0.05, 0.1) is 6.61 Å². The molecule has 0 aliphatic carbocycles. The monoisotopic (exact) mass is 315 g/mol. The predicted octanol–water partition coefficient (Wildman–Crippen LogP) is 2.44. The third-order valence-corrected chi connectivity index (χ3v) is 3.93. The Bertz CT molecular complexity index is 377. The zero-order chi connectivity index (χ0) is 17.1. The van der Waals surface area contributed by atoms with E-state index in [1.165, 1.54) is 0 Å². The lowest BCUT2D eigenvalue weighted by atomic mass is 9.96. The van der Waals surface area contributed by atoms with E-state index >= 15 is 0 Å². The molecule has 0 aromatic rings. The van der Waals surface area contributed by atoms with Crippen molar-refractivity contribution in [2.75, 3.05) is 26.2 Å². The van der Waals surface area contributed by atoms with Gasteiger partial charge in [0.15, 0.2) is 0 Å². The quantitative estimate of drug-likeness (QED) is 0.844. The lowest BCUT2D eigenvalue weighted by molar-refractivity contribution is -0.153. The molecule has 1 rings (SSSR count). The highest BCUT2D eigenvalue weighted by molar-refractivity contribution is 5.67. The summed E-state index contributed by atoms with van der Waals surface area (Å²) in [5.74, 6) is 0.602. The summed E-state index contributed by atoms with van der Waals surface area (Å²) in [5, 5.41) is 3.63. The Morgan fingerprint density at radius 3 is 2.36 bits per heavy atom. The first kappa shape index (κ1) is 19.2. The second kappa shape index (κ2) is 7.15. The van der Waals surface area contributed by atoms with Crippen LogP contribution in [0.1, 0.15) is 48.5 Å². The molecule has 0 aromatic carbocycles. The van der Waals surface area contributed by atoms with Gasteiger partial charge in [-0.05, 0) is 53.0 Å². The zero-order valence-electron chi connectivity index (χ0n) is 15.2. The fourth-order valence-electron chi connectivity index (χ4n) is 2.50. The molecule has 1 amide bonds. The SMILES string of the molecule is CC(C)[C@@H](CN)CN(C(=O)OC(C)(C)C)N1CCOC1(C)C. The smallest absolute Gasteiger partial charge is 0.425 e. The molecule has 0 radical (unpaired) electrons. The van der Waals surface area contributed by atoms with Gasteiger partial charge in [-0.2, -0.15) is 5.01 Å². The summed E-state index contributed by atoms with van der Waals surface area (Å²) in [4.78, 5) is 12.7. The van der Waals surface area contributed by atoms with Gasteiger partial charge in [0.25, 0.3) is 0 Å². The Morgan fingerprint density at radius 2 is 2.00 bits per heavy atom. The fraction of sp³-hybridized carbons (Fsp3) is 0.938. The standard InChI is InChI=1S/C16H33N3O3/c1-12(2)13(10-17)11-18(14(20)22-15(3,4)5)19-8-9-21-16(19,6)7/h12-13H,8-11,17H2,1-7H3/t13-/m0/s1. The van der Waals surface area contributed by atoms with Crippen molar-refractivity contribution in [1.82, 2.24) is 10.0 Å². The maximum atomic E-state index is 12.7. The predicted molar refractivity (Wildman–Crippen MR) is 87.1 cm³/mol. The van der Waals surface area contributed by atoms with Crippen LogP contribution in [0.15, 0.2) is 0 Å². The van der Waals surface area contributed by atoms with Crippen LogP contribution < -0.4 is 5.73 Å². The van der Waals surface area contributed by atoms with E-state index in [0.717, 1.165) is 0 Å². The minimum Gasteiger partial charge on any atom is -0.443 e. The first-order valence-electron chi connectivity index (χ1n) is 8.10. The maximum Gasteiger partial charge on any atom is 0.425 e. The van der Waals surface area contributed by atoms with Gasteiger partial charge in [0.1, 0.15) is 11.3 Å². The molecular weight excluding hydrogens is 282 g/mol. The van der Waals surface area contributed by atoms with Crippen LogP contribution in [0.5, 0.6) is 0 Å². The number of rotatable bonds is 5. The van der Waals surface area contributed by atoms with Crippen LogP contribution in [-0.4, -0.2) is 53.7 Å². The van der Waals surface area contributed by atoms with Gasteiger partial charge in [-0.25, -0.2) is 9.80 Å². The summed E-state index contributed by atoms with van der Waals surface area (Å²) >= 11 is 0. The number of hydrazine groups is 1. The van der Waals surface area contributed by atoms with Gasteiger partial charge in [0, 0.05) is 13.1 Å². The molecule has 1 heterocycles. The number of amides is 1. The number of hydrogen-bond acceptors (Lipinski definition) is 5. The molecule has 0 saturated carbocycles. The van der Waals surface area contributed by atoms with Crippen LogP contribution in [0.4, 0.5) is 4.79 Å². The first-order valence-corrected chi connectivity index (χ1v) is 8.10. The Balaban J connectivity index is 2.97. The van der Waals surface area contributed by atoms with Gasteiger partial charge in [0.2, 0.25) is 0 Å². The molecule has 1 aliphatic rings. The van der Waals surface area contributed by atoms with Gasteiger partial charge in [-0.1, -0.05) is 13.8 Å². The van der Waals surface area contributed by atoms with Crippen molar-refractivity contribution in [1.29, 1.82) is 0 Å². The Hall–Kier alpha value is -0.850. The molecule has 1 fully saturated rings. The van der Waals surface area contributed by atoms with Crippen LogP contribution in [-0.2, 0) is 9.47 Å². The third kappa shape index (κ3) is 5.11. The van der Waals surface area contributed by atoms with E-state index in [2.05, 4.69) is 13.8 Å². The van der Waals surface area contributed by atoms with E-state index in [9.17, 15) is 4.79 Å². The number of ether oxygens (including phenoxy) is 2. The second-order valence-electron chi connectivity index (χ2n) is 7.72. The molecule has 2 N–H and O–H groups in total. The first-order chi connectivity index (χ1) is 9.98. The van der Waals surface area contributed by atoms with E-state index in [1.807, 2.05) is 39.6 Å². The number of hydrogen-bond donors (Lipinski definition) is 1. The summed E-state index contributed by atoms with van der Waals surface area (Å²) in [6.45, 7) is 16.1. The van der Waals surface area contributed by atoms with Crippen molar-refractivity contribution >= 4 is 6.09 Å². The molecule has 1 saturated heterocycles. The average Bonchev–Trinajstić information content (AvgIpc) is 2.67. The zero-order valence-corrected chi connectivity index (χ0v) is 15.2. The Morgan fingerprint density at radius 1 is 1.41 bits per heavy atom. The van der Waals surface area contributed by atoms with Crippen molar-refractivity contribution in [3.63, 3.8) is 0 Å². The number of carbonyl (C=O) groups excluding carboxylic acids is 1. The largest absolute Gasteiger partial charge is 0.443 e. The van der Waals surface area contributed by atoms with Crippen molar-refractivity contribution in [2.45, 2.75) is 59.8 Å². The second-order valence-corrected chi connectivity index (χ2v) is 7.72. The molecule has 6 nitrogen and oxygen atoms in total. The van der Waals surface area contributed by atoms with E-state index in [1.54, 1.807) is 5.01 Å². The molecule has 6 heteroatoms. The fourth-order valence-corrected chi connectivity index (χ4v) is 2.50.